The summed E-state index contributed by atoms with van der Waals surface area (Å²) < 4.78 is 0. The maximum atomic E-state index is 11.6. The zero-order valence-corrected chi connectivity index (χ0v) is 14.1. The summed E-state index contributed by atoms with van der Waals surface area (Å²) in [6.45, 7) is 2.34. The molecule has 2 aromatic rings. The molecule has 2 aromatic carbocycles. The Morgan fingerprint density at radius 3 is 2.48 bits per heavy atom. The summed E-state index contributed by atoms with van der Waals surface area (Å²) in [6.07, 6.45) is 0.973. The van der Waals surface area contributed by atoms with E-state index >= 15 is 0 Å². The maximum Gasteiger partial charge on any atom is 0.303 e. The Kier molecular flexibility index (Phi) is 5.33. The number of fused-ring (bicyclic) bond motifs is 1. The molecule has 0 saturated heterocycles. The van der Waals surface area contributed by atoms with Crippen LogP contribution in [0.2, 0.25) is 0 Å². The van der Waals surface area contributed by atoms with Gasteiger partial charge in [0, 0.05) is 31.7 Å². The number of aliphatic carboxylic acids is 1. The van der Waals surface area contributed by atoms with Crippen LogP contribution in [0, 0.1) is 0 Å². The molecule has 0 atom stereocenters. The molecular weight excluding hydrogens is 316 g/mol. The summed E-state index contributed by atoms with van der Waals surface area (Å²) >= 11 is 0. The van der Waals surface area contributed by atoms with Gasteiger partial charge in [0.15, 0.2) is 0 Å². The molecule has 25 heavy (non-hydrogen) atoms. The first kappa shape index (κ1) is 17.0. The van der Waals surface area contributed by atoms with Crippen LogP contribution in [0.1, 0.15) is 29.5 Å². The van der Waals surface area contributed by atoms with Crippen molar-refractivity contribution in [3.63, 3.8) is 0 Å². The first-order chi connectivity index (χ1) is 12.1. The molecule has 0 saturated carbocycles. The average molecular weight is 338 g/mol. The standard InChI is InChI=1S/C20H22N2O3/c23-19(9-10-20(24)25)21-13-15-5-7-16(8-6-15)14-22-12-11-17-3-1-2-4-18(17)22/h1-8H,9-14H2,(H,21,23)(H,24,25). The van der Waals surface area contributed by atoms with Crippen molar-refractivity contribution in [2.24, 2.45) is 0 Å². The molecule has 0 spiro atoms. The third kappa shape index (κ3) is 4.59. The lowest BCUT2D eigenvalue weighted by Crippen LogP contribution is -2.23. The summed E-state index contributed by atoms with van der Waals surface area (Å²) in [5.74, 6) is -1.19. The number of nitrogens with zero attached hydrogens (tertiary/aromatic N) is 1. The van der Waals surface area contributed by atoms with Gasteiger partial charge in [-0.2, -0.15) is 0 Å². The predicted octanol–water partition coefficient (Wildman–Crippen LogP) is 2.73. The number of hydrogen-bond donors (Lipinski definition) is 2. The summed E-state index contributed by atoms with van der Waals surface area (Å²) in [6, 6.07) is 16.7. The maximum absolute atomic E-state index is 11.6. The van der Waals surface area contributed by atoms with Crippen molar-refractivity contribution in [1.82, 2.24) is 5.32 Å². The number of anilines is 1. The van der Waals surface area contributed by atoms with Crippen molar-refractivity contribution in [2.45, 2.75) is 32.4 Å². The number of para-hydroxylation sites is 1. The minimum absolute atomic E-state index is 0.0157. The van der Waals surface area contributed by atoms with Crippen molar-refractivity contribution >= 4 is 17.6 Å². The molecule has 130 valence electrons. The molecule has 0 radical (unpaired) electrons. The van der Waals surface area contributed by atoms with Crippen molar-refractivity contribution in [3.8, 4) is 0 Å². The second-order valence-corrected chi connectivity index (χ2v) is 6.29. The second kappa shape index (κ2) is 7.83. The lowest BCUT2D eigenvalue weighted by atomic mass is 10.1. The number of hydrogen-bond acceptors (Lipinski definition) is 3. The third-order valence-electron chi connectivity index (χ3n) is 4.44. The van der Waals surface area contributed by atoms with E-state index < -0.39 is 5.97 Å². The number of benzene rings is 2. The van der Waals surface area contributed by atoms with Crippen LogP contribution >= 0.6 is 0 Å². The Hall–Kier alpha value is -2.82. The lowest BCUT2D eigenvalue weighted by molar-refractivity contribution is -0.138. The van der Waals surface area contributed by atoms with Crippen LogP contribution in [0.4, 0.5) is 5.69 Å². The zero-order chi connectivity index (χ0) is 17.6. The highest BCUT2D eigenvalue weighted by molar-refractivity contribution is 5.80. The van der Waals surface area contributed by atoms with Gasteiger partial charge in [-0.25, -0.2) is 0 Å². The molecule has 5 nitrogen and oxygen atoms in total. The lowest BCUT2D eigenvalue weighted by Gasteiger charge is -2.19. The Balaban J connectivity index is 1.51. The highest BCUT2D eigenvalue weighted by Gasteiger charge is 2.18. The molecular formula is C20H22N2O3. The van der Waals surface area contributed by atoms with Gasteiger partial charge in [0.25, 0.3) is 0 Å². The molecule has 1 heterocycles. The SMILES string of the molecule is O=C(O)CCC(=O)NCc1ccc(CN2CCc3ccccc32)cc1. The molecule has 1 amide bonds. The van der Waals surface area contributed by atoms with Crippen LogP contribution < -0.4 is 10.2 Å². The minimum atomic E-state index is -0.956. The van der Waals surface area contributed by atoms with Gasteiger partial charge in [-0.05, 0) is 29.2 Å². The van der Waals surface area contributed by atoms with Crippen molar-refractivity contribution in [2.75, 3.05) is 11.4 Å². The van der Waals surface area contributed by atoms with Gasteiger partial charge in [-0.1, -0.05) is 42.5 Å². The number of rotatable bonds is 7. The van der Waals surface area contributed by atoms with Crippen LogP contribution in [-0.2, 0) is 29.1 Å². The van der Waals surface area contributed by atoms with E-state index in [2.05, 4.69) is 46.6 Å². The Morgan fingerprint density at radius 2 is 1.72 bits per heavy atom. The smallest absolute Gasteiger partial charge is 0.303 e. The van der Waals surface area contributed by atoms with E-state index in [0.29, 0.717) is 6.54 Å². The van der Waals surface area contributed by atoms with Crippen LogP contribution in [0.3, 0.4) is 0 Å². The quantitative estimate of drug-likeness (QED) is 0.814. The highest BCUT2D eigenvalue weighted by Crippen LogP contribution is 2.28. The monoisotopic (exact) mass is 338 g/mol. The fourth-order valence-electron chi connectivity index (χ4n) is 3.06. The van der Waals surface area contributed by atoms with Crippen LogP contribution in [0.15, 0.2) is 48.5 Å². The molecule has 0 aromatic heterocycles. The number of nitrogens with one attached hydrogen (secondary N) is 1. The molecule has 3 rings (SSSR count). The fourth-order valence-corrected chi connectivity index (χ4v) is 3.06. The van der Waals surface area contributed by atoms with Crippen LogP contribution in [0.25, 0.3) is 0 Å². The summed E-state index contributed by atoms with van der Waals surface area (Å²) in [4.78, 5) is 24.4. The number of amides is 1. The molecule has 1 aliphatic rings. The van der Waals surface area contributed by atoms with E-state index in [1.165, 1.54) is 16.8 Å². The van der Waals surface area contributed by atoms with E-state index in [1.54, 1.807) is 0 Å². The van der Waals surface area contributed by atoms with Crippen LogP contribution in [-0.4, -0.2) is 23.5 Å². The van der Waals surface area contributed by atoms with E-state index in [1.807, 2.05) is 12.1 Å². The van der Waals surface area contributed by atoms with E-state index in [9.17, 15) is 9.59 Å². The normalized spacial score (nSPS) is 12.7. The summed E-state index contributed by atoms with van der Waals surface area (Å²) in [7, 11) is 0. The van der Waals surface area contributed by atoms with Gasteiger partial charge in [-0.3, -0.25) is 9.59 Å². The van der Waals surface area contributed by atoms with Crippen molar-refractivity contribution in [1.29, 1.82) is 0 Å². The Morgan fingerprint density at radius 1 is 1.00 bits per heavy atom. The second-order valence-electron chi connectivity index (χ2n) is 6.29. The van der Waals surface area contributed by atoms with Gasteiger partial charge < -0.3 is 15.3 Å². The summed E-state index contributed by atoms with van der Waals surface area (Å²) in [5, 5.41) is 11.3. The topological polar surface area (TPSA) is 69.6 Å². The van der Waals surface area contributed by atoms with Gasteiger partial charge >= 0.3 is 5.97 Å². The zero-order valence-electron chi connectivity index (χ0n) is 14.1. The first-order valence-corrected chi connectivity index (χ1v) is 8.51. The van der Waals surface area contributed by atoms with Gasteiger partial charge in [0.1, 0.15) is 0 Å². The van der Waals surface area contributed by atoms with Gasteiger partial charge in [0.05, 0.1) is 6.42 Å². The third-order valence-corrected chi connectivity index (χ3v) is 4.44. The number of carbonyl (C=O) groups is 2. The minimum Gasteiger partial charge on any atom is -0.481 e. The highest BCUT2D eigenvalue weighted by atomic mass is 16.4. The number of carboxylic acid groups (broad SMARTS) is 1. The molecule has 0 fully saturated rings. The van der Waals surface area contributed by atoms with Gasteiger partial charge in [-0.15, -0.1) is 0 Å². The Labute approximate surface area is 147 Å². The van der Waals surface area contributed by atoms with Crippen LogP contribution in [0.5, 0.6) is 0 Å². The molecule has 0 aliphatic carbocycles. The Bertz CT molecular complexity index is 756. The first-order valence-electron chi connectivity index (χ1n) is 8.51. The molecule has 1 aliphatic heterocycles. The summed E-state index contributed by atoms with van der Waals surface area (Å²) in [5.41, 5.74) is 4.97. The van der Waals surface area contributed by atoms with Gasteiger partial charge in [0.2, 0.25) is 5.91 Å². The number of carbonyl (C=O) groups excluding carboxylic acids is 1. The predicted molar refractivity (Wildman–Crippen MR) is 96.4 cm³/mol. The fraction of sp³-hybridized carbons (Fsp3) is 0.300. The average Bonchev–Trinajstić information content (AvgIpc) is 3.02. The number of carboxylic acids is 1. The molecule has 0 unspecified atom stereocenters. The van der Waals surface area contributed by atoms with Crippen molar-refractivity contribution in [3.05, 3.63) is 65.2 Å². The molecule has 5 heteroatoms. The molecule has 2 N–H and O–H groups in total. The van der Waals surface area contributed by atoms with E-state index in [4.69, 9.17) is 5.11 Å². The largest absolute Gasteiger partial charge is 0.481 e. The van der Waals surface area contributed by atoms with E-state index in [-0.39, 0.29) is 18.7 Å². The van der Waals surface area contributed by atoms with Crippen molar-refractivity contribution < 1.29 is 14.7 Å². The molecule has 0 bridgehead atoms. The van der Waals surface area contributed by atoms with E-state index in [0.717, 1.165) is 25.1 Å².